The zero-order valence-corrected chi connectivity index (χ0v) is 19.0. The van der Waals surface area contributed by atoms with Crippen molar-refractivity contribution in [1.82, 2.24) is 0 Å². The summed E-state index contributed by atoms with van der Waals surface area (Å²) in [6.07, 6.45) is -1.50. The predicted molar refractivity (Wildman–Crippen MR) is 112 cm³/mol. The molecular weight excluding hydrogens is 450 g/mol. The summed E-state index contributed by atoms with van der Waals surface area (Å²) in [4.78, 5) is -0.0615. The van der Waals surface area contributed by atoms with E-state index in [1.807, 2.05) is 13.8 Å². The van der Waals surface area contributed by atoms with Crippen LogP contribution in [0.1, 0.15) is 36.8 Å². The third-order valence-electron chi connectivity index (χ3n) is 4.47. The Balaban J connectivity index is 1.72. The summed E-state index contributed by atoms with van der Waals surface area (Å²) in [5.74, 6) is -3.09. The molecule has 0 aliphatic carbocycles. The van der Waals surface area contributed by atoms with Crippen LogP contribution in [0.3, 0.4) is 0 Å². The van der Waals surface area contributed by atoms with Gasteiger partial charge in [0.15, 0.2) is 0 Å². The lowest BCUT2D eigenvalue weighted by Gasteiger charge is -2.16. The number of hydrogen-bond donors (Lipinski definition) is 0. The van der Waals surface area contributed by atoms with Crippen LogP contribution in [0.2, 0.25) is 0 Å². The van der Waals surface area contributed by atoms with Crippen molar-refractivity contribution in [2.45, 2.75) is 55.2 Å². The van der Waals surface area contributed by atoms with Crippen LogP contribution in [0.25, 0.3) is 0 Å². The number of rotatable bonds is 12. The molecule has 6 nitrogen and oxygen atoms in total. The highest BCUT2D eigenvalue weighted by atomic mass is 32.2. The lowest BCUT2D eigenvalue weighted by Crippen LogP contribution is -2.19. The van der Waals surface area contributed by atoms with Crippen molar-refractivity contribution in [3.8, 4) is 0 Å². The number of halogens is 2. The molecule has 10 heteroatoms. The summed E-state index contributed by atoms with van der Waals surface area (Å²) < 4.78 is 85.7. The van der Waals surface area contributed by atoms with Gasteiger partial charge in [0.05, 0.1) is 23.0 Å². The quantitative estimate of drug-likeness (QED) is 0.328. The molecular formula is C21H26F2O6S2. The highest BCUT2D eigenvalue weighted by molar-refractivity contribution is 7.87. The van der Waals surface area contributed by atoms with Crippen LogP contribution < -0.4 is 0 Å². The molecule has 2 rings (SSSR count). The Morgan fingerprint density at radius 1 is 0.677 bits per heavy atom. The van der Waals surface area contributed by atoms with Crippen molar-refractivity contribution in [2.24, 2.45) is 0 Å². The third-order valence-corrected chi connectivity index (χ3v) is 7.12. The molecule has 0 saturated heterocycles. The van der Waals surface area contributed by atoms with Gasteiger partial charge in [-0.3, -0.25) is 8.37 Å². The summed E-state index contributed by atoms with van der Waals surface area (Å²) in [5.41, 5.74) is 1.77. The highest BCUT2D eigenvalue weighted by Gasteiger charge is 2.28. The van der Waals surface area contributed by atoms with Gasteiger partial charge in [-0.2, -0.15) is 16.8 Å². The third kappa shape index (κ3) is 8.29. The van der Waals surface area contributed by atoms with E-state index in [1.54, 1.807) is 24.3 Å². The standard InChI is InChI=1S/C21H26F2O6S2/c1-17-5-9-19(10-6-17)30(24,25)28-15-3-13-21(22,23)14-4-16-29-31(26,27)20-11-7-18(2)8-12-20/h5-12H,3-4,13-16H2,1-2H3. The predicted octanol–water partition coefficient (Wildman–Crippen LogP) is 4.61. The van der Waals surface area contributed by atoms with Crippen molar-refractivity contribution < 1.29 is 34.0 Å². The molecule has 0 aliphatic rings. The monoisotopic (exact) mass is 476 g/mol. The van der Waals surface area contributed by atoms with Gasteiger partial charge in [-0.05, 0) is 51.0 Å². The van der Waals surface area contributed by atoms with Gasteiger partial charge >= 0.3 is 0 Å². The van der Waals surface area contributed by atoms with E-state index in [0.717, 1.165) is 11.1 Å². The zero-order chi connectivity index (χ0) is 23.1. The second kappa shape index (κ2) is 10.6. The van der Waals surface area contributed by atoms with Crippen LogP contribution >= 0.6 is 0 Å². The molecule has 0 radical (unpaired) electrons. The smallest absolute Gasteiger partial charge is 0.266 e. The van der Waals surface area contributed by atoms with Gasteiger partial charge in [-0.15, -0.1) is 0 Å². The molecule has 0 saturated carbocycles. The molecule has 2 aromatic rings. The van der Waals surface area contributed by atoms with Crippen molar-refractivity contribution in [3.63, 3.8) is 0 Å². The van der Waals surface area contributed by atoms with Crippen molar-refractivity contribution in [2.75, 3.05) is 13.2 Å². The second-order valence-corrected chi connectivity index (χ2v) is 10.5. The van der Waals surface area contributed by atoms with Crippen LogP contribution in [0.5, 0.6) is 0 Å². The lowest BCUT2D eigenvalue weighted by molar-refractivity contribution is -0.0245. The summed E-state index contributed by atoms with van der Waals surface area (Å²) in [7, 11) is -7.99. The van der Waals surface area contributed by atoms with Crippen LogP contribution in [0.15, 0.2) is 58.3 Å². The first-order valence-electron chi connectivity index (χ1n) is 9.71. The minimum absolute atomic E-state index is 0.0307. The van der Waals surface area contributed by atoms with Gasteiger partial charge in [0.1, 0.15) is 0 Å². The van der Waals surface area contributed by atoms with Gasteiger partial charge in [0.25, 0.3) is 20.2 Å². The Hall–Kier alpha value is -1.88. The zero-order valence-electron chi connectivity index (χ0n) is 17.4. The lowest BCUT2D eigenvalue weighted by atomic mass is 10.1. The molecule has 0 N–H and O–H groups in total. The topological polar surface area (TPSA) is 86.7 Å². The number of aryl methyl sites for hydroxylation is 2. The number of benzene rings is 2. The first-order chi connectivity index (χ1) is 14.4. The summed E-state index contributed by atoms with van der Waals surface area (Å²) in [6.45, 7) is 2.87. The van der Waals surface area contributed by atoms with Crippen LogP contribution in [0.4, 0.5) is 8.78 Å². The van der Waals surface area contributed by atoms with E-state index in [0.29, 0.717) is 0 Å². The van der Waals surface area contributed by atoms with E-state index < -0.39 is 39.0 Å². The molecule has 0 spiro atoms. The van der Waals surface area contributed by atoms with Gasteiger partial charge in [0, 0.05) is 12.8 Å². The highest BCUT2D eigenvalue weighted by Crippen LogP contribution is 2.27. The maximum Gasteiger partial charge on any atom is 0.296 e. The van der Waals surface area contributed by atoms with E-state index in [-0.39, 0.29) is 35.8 Å². The fourth-order valence-electron chi connectivity index (χ4n) is 2.67. The fourth-order valence-corrected chi connectivity index (χ4v) is 4.56. The Morgan fingerprint density at radius 2 is 1.00 bits per heavy atom. The number of alkyl halides is 2. The van der Waals surface area contributed by atoms with Crippen molar-refractivity contribution >= 4 is 20.2 Å². The Bertz CT molecular complexity index is 963. The Kier molecular flexibility index (Phi) is 8.70. The largest absolute Gasteiger partial charge is 0.296 e. The molecule has 2 aromatic carbocycles. The number of hydrogen-bond acceptors (Lipinski definition) is 6. The van der Waals surface area contributed by atoms with E-state index in [4.69, 9.17) is 8.37 Å². The molecule has 0 aliphatic heterocycles. The van der Waals surface area contributed by atoms with Crippen LogP contribution in [-0.4, -0.2) is 36.0 Å². The maximum atomic E-state index is 14.0. The molecule has 0 fully saturated rings. The van der Waals surface area contributed by atoms with Gasteiger partial charge in [-0.1, -0.05) is 35.4 Å². The molecule has 0 amide bonds. The molecule has 0 heterocycles. The molecule has 0 bridgehead atoms. The summed E-state index contributed by atoms with van der Waals surface area (Å²) >= 11 is 0. The Morgan fingerprint density at radius 3 is 1.32 bits per heavy atom. The average Bonchev–Trinajstić information content (AvgIpc) is 2.69. The molecule has 0 unspecified atom stereocenters. The molecule has 172 valence electrons. The normalized spacial score (nSPS) is 12.8. The first kappa shape index (κ1) is 25.4. The van der Waals surface area contributed by atoms with Gasteiger partial charge < -0.3 is 0 Å². The fraction of sp³-hybridized carbons (Fsp3) is 0.429. The van der Waals surface area contributed by atoms with Crippen LogP contribution in [-0.2, 0) is 28.6 Å². The summed E-state index contributed by atoms with van der Waals surface area (Å²) in [6, 6.07) is 12.0. The van der Waals surface area contributed by atoms with Crippen molar-refractivity contribution in [3.05, 3.63) is 59.7 Å². The van der Waals surface area contributed by atoms with Crippen molar-refractivity contribution in [1.29, 1.82) is 0 Å². The van der Waals surface area contributed by atoms with Gasteiger partial charge in [-0.25, -0.2) is 8.78 Å². The summed E-state index contributed by atoms with van der Waals surface area (Å²) in [5, 5.41) is 0. The minimum Gasteiger partial charge on any atom is -0.266 e. The van der Waals surface area contributed by atoms with Crippen LogP contribution in [0, 0.1) is 13.8 Å². The Labute approximate surface area is 182 Å². The average molecular weight is 477 g/mol. The van der Waals surface area contributed by atoms with E-state index in [9.17, 15) is 25.6 Å². The minimum atomic E-state index is -3.99. The van der Waals surface area contributed by atoms with Gasteiger partial charge in [0.2, 0.25) is 5.92 Å². The maximum absolute atomic E-state index is 14.0. The molecule has 31 heavy (non-hydrogen) atoms. The molecule has 0 aromatic heterocycles. The first-order valence-corrected chi connectivity index (χ1v) is 12.5. The SMILES string of the molecule is Cc1ccc(S(=O)(=O)OCCCC(F)(F)CCCOS(=O)(=O)c2ccc(C)cc2)cc1. The second-order valence-electron chi connectivity index (χ2n) is 7.24. The molecule has 0 atom stereocenters. The van der Waals surface area contributed by atoms with E-state index in [1.165, 1.54) is 24.3 Å². The van der Waals surface area contributed by atoms with E-state index in [2.05, 4.69) is 0 Å². The van der Waals surface area contributed by atoms with E-state index >= 15 is 0 Å².